The molecular weight excluding hydrogens is 220 g/mol. The lowest BCUT2D eigenvalue weighted by atomic mass is 9.68. The first kappa shape index (κ1) is 11.0. The molecule has 3 aliphatic heterocycles. The number of nitrogens with zero attached hydrogens (tertiary/aromatic N) is 1. The lowest BCUT2D eigenvalue weighted by Crippen LogP contribution is -2.54. The van der Waals surface area contributed by atoms with Gasteiger partial charge in [-0.15, -0.1) is 0 Å². The molecule has 0 aromatic heterocycles. The molecular formula is C16H22N2. The van der Waals surface area contributed by atoms with Gasteiger partial charge >= 0.3 is 0 Å². The highest BCUT2D eigenvalue weighted by Gasteiger charge is 2.47. The van der Waals surface area contributed by atoms with E-state index in [4.69, 9.17) is 0 Å². The molecule has 1 saturated carbocycles. The number of piperidine rings is 2. The minimum absolute atomic E-state index is 0.820. The van der Waals surface area contributed by atoms with E-state index in [0.29, 0.717) is 0 Å². The molecule has 1 aliphatic carbocycles. The van der Waals surface area contributed by atoms with Crippen LogP contribution in [0.25, 0.3) is 0 Å². The number of hydrogen-bond donors (Lipinski definition) is 1. The molecule has 4 fully saturated rings. The number of fused-ring (bicyclic) bond motifs is 2. The van der Waals surface area contributed by atoms with Gasteiger partial charge in [0.1, 0.15) is 0 Å². The first-order chi connectivity index (χ1) is 8.90. The van der Waals surface area contributed by atoms with Gasteiger partial charge in [-0.2, -0.15) is 0 Å². The number of nitrogens with one attached hydrogen (secondary N) is 1. The Morgan fingerprint density at radius 3 is 2.61 bits per heavy atom. The van der Waals surface area contributed by atoms with E-state index in [1.165, 1.54) is 38.0 Å². The fraction of sp³-hybridized carbons (Fsp3) is 0.625. The Kier molecular flexibility index (Phi) is 2.66. The van der Waals surface area contributed by atoms with Gasteiger partial charge in [-0.05, 0) is 42.7 Å². The predicted molar refractivity (Wildman–Crippen MR) is 73.2 cm³/mol. The fourth-order valence-corrected chi connectivity index (χ4v) is 4.47. The van der Waals surface area contributed by atoms with E-state index in [1.54, 1.807) is 0 Å². The zero-order valence-corrected chi connectivity index (χ0v) is 10.9. The van der Waals surface area contributed by atoms with Gasteiger partial charge in [0.2, 0.25) is 0 Å². The summed E-state index contributed by atoms with van der Waals surface area (Å²) in [4.78, 5) is 2.68. The Morgan fingerprint density at radius 1 is 1.06 bits per heavy atom. The molecule has 2 nitrogen and oxygen atoms in total. The van der Waals surface area contributed by atoms with Crippen LogP contribution in [0, 0.1) is 17.8 Å². The van der Waals surface area contributed by atoms with Crippen molar-refractivity contribution in [3.8, 4) is 0 Å². The molecule has 0 radical (unpaired) electrons. The van der Waals surface area contributed by atoms with Crippen molar-refractivity contribution in [1.82, 2.24) is 10.2 Å². The van der Waals surface area contributed by atoms with Crippen LogP contribution >= 0.6 is 0 Å². The van der Waals surface area contributed by atoms with Crippen molar-refractivity contribution < 1.29 is 0 Å². The molecule has 0 spiro atoms. The lowest BCUT2D eigenvalue weighted by molar-refractivity contribution is 0.0926. The third-order valence-electron chi connectivity index (χ3n) is 5.35. The van der Waals surface area contributed by atoms with Crippen molar-refractivity contribution in [3.63, 3.8) is 0 Å². The summed E-state index contributed by atoms with van der Waals surface area (Å²) in [6.07, 6.45) is 2.89. The predicted octanol–water partition coefficient (Wildman–Crippen LogP) is 2.12. The third kappa shape index (κ3) is 1.79. The maximum absolute atomic E-state index is 3.75. The van der Waals surface area contributed by atoms with Gasteiger partial charge in [-0.25, -0.2) is 0 Å². The third-order valence-corrected chi connectivity index (χ3v) is 5.35. The molecule has 0 amide bonds. The molecule has 3 saturated heterocycles. The maximum atomic E-state index is 3.75. The summed E-state index contributed by atoms with van der Waals surface area (Å²) in [5.41, 5.74) is 1.47. The number of rotatable bonds is 2. The van der Waals surface area contributed by atoms with Gasteiger partial charge in [0.15, 0.2) is 0 Å². The highest BCUT2D eigenvalue weighted by molar-refractivity contribution is 5.15. The average molecular weight is 242 g/mol. The Labute approximate surface area is 109 Å². The zero-order chi connectivity index (χ0) is 11.9. The molecule has 1 aromatic rings. The molecule has 0 unspecified atom stereocenters. The quantitative estimate of drug-likeness (QED) is 0.854. The monoisotopic (exact) mass is 242 g/mol. The molecule has 2 heteroatoms. The Hall–Kier alpha value is -0.860. The molecule has 4 aliphatic rings. The van der Waals surface area contributed by atoms with Crippen molar-refractivity contribution in [2.45, 2.75) is 25.4 Å². The molecule has 5 rings (SSSR count). The van der Waals surface area contributed by atoms with Gasteiger partial charge in [0, 0.05) is 25.7 Å². The van der Waals surface area contributed by atoms with Crippen LogP contribution in [0.5, 0.6) is 0 Å². The summed E-state index contributed by atoms with van der Waals surface area (Å²) in [7, 11) is 0. The van der Waals surface area contributed by atoms with Crippen LogP contribution < -0.4 is 5.32 Å². The van der Waals surface area contributed by atoms with E-state index >= 15 is 0 Å². The molecule has 3 heterocycles. The van der Waals surface area contributed by atoms with Crippen LogP contribution in [-0.2, 0) is 6.54 Å². The summed E-state index contributed by atoms with van der Waals surface area (Å²) in [6.45, 7) is 5.08. The number of likely N-dealkylation sites (tertiary alicyclic amines) is 1. The molecule has 96 valence electrons. The highest BCUT2D eigenvalue weighted by Crippen LogP contribution is 2.43. The highest BCUT2D eigenvalue weighted by atomic mass is 15.2. The van der Waals surface area contributed by atoms with E-state index in [9.17, 15) is 0 Å². The minimum atomic E-state index is 0.820. The second kappa shape index (κ2) is 4.36. The molecule has 18 heavy (non-hydrogen) atoms. The van der Waals surface area contributed by atoms with E-state index in [2.05, 4.69) is 40.5 Å². The van der Waals surface area contributed by atoms with Gasteiger partial charge < -0.3 is 5.32 Å². The summed E-state index contributed by atoms with van der Waals surface area (Å²) >= 11 is 0. The Bertz CT molecular complexity index is 388. The van der Waals surface area contributed by atoms with Crippen LogP contribution in [0.1, 0.15) is 18.4 Å². The van der Waals surface area contributed by atoms with Gasteiger partial charge in [-0.1, -0.05) is 30.3 Å². The van der Waals surface area contributed by atoms with Crippen molar-refractivity contribution >= 4 is 0 Å². The zero-order valence-electron chi connectivity index (χ0n) is 10.9. The second-order valence-corrected chi connectivity index (χ2v) is 6.36. The first-order valence-electron chi connectivity index (χ1n) is 7.40. The van der Waals surface area contributed by atoms with Gasteiger partial charge in [0.25, 0.3) is 0 Å². The van der Waals surface area contributed by atoms with Crippen molar-refractivity contribution in [2.75, 3.05) is 19.6 Å². The fourth-order valence-electron chi connectivity index (χ4n) is 4.47. The largest absolute Gasteiger partial charge is 0.313 e. The molecule has 1 aromatic carbocycles. The smallest absolute Gasteiger partial charge is 0.0233 e. The maximum Gasteiger partial charge on any atom is 0.0233 e. The van der Waals surface area contributed by atoms with E-state index < -0.39 is 0 Å². The summed E-state index contributed by atoms with van der Waals surface area (Å²) in [5, 5.41) is 3.75. The molecule has 1 N–H and O–H groups in total. The van der Waals surface area contributed by atoms with Gasteiger partial charge in [-0.3, -0.25) is 4.90 Å². The van der Waals surface area contributed by atoms with Crippen LogP contribution in [-0.4, -0.2) is 30.6 Å². The molecule has 2 bridgehead atoms. The van der Waals surface area contributed by atoms with Crippen molar-refractivity contribution in [3.05, 3.63) is 35.9 Å². The SMILES string of the molecule is c1ccc(CN2C[C@@H]3[C@@H](C2)[C@H]2CC[C@H]3NC2)cc1. The van der Waals surface area contributed by atoms with E-state index in [0.717, 1.165) is 30.3 Å². The van der Waals surface area contributed by atoms with Crippen molar-refractivity contribution in [2.24, 2.45) is 17.8 Å². The van der Waals surface area contributed by atoms with Gasteiger partial charge in [0.05, 0.1) is 0 Å². The van der Waals surface area contributed by atoms with Crippen LogP contribution in [0.3, 0.4) is 0 Å². The summed E-state index contributed by atoms with van der Waals surface area (Å²) in [5.74, 6) is 2.87. The lowest BCUT2D eigenvalue weighted by Gasteiger charge is -2.45. The van der Waals surface area contributed by atoms with E-state index in [-0.39, 0.29) is 0 Å². The Morgan fingerprint density at radius 2 is 1.89 bits per heavy atom. The van der Waals surface area contributed by atoms with Crippen LogP contribution in [0.2, 0.25) is 0 Å². The Balaban J connectivity index is 1.47. The summed E-state index contributed by atoms with van der Waals surface area (Å²) in [6, 6.07) is 11.8. The normalized spacial score (nSPS) is 38.9. The van der Waals surface area contributed by atoms with Crippen LogP contribution in [0.4, 0.5) is 0 Å². The first-order valence-corrected chi connectivity index (χ1v) is 7.40. The standard InChI is InChI=1S/C16H22N2/c1-2-4-12(5-3-1)9-18-10-14-13-6-7-16(17-8-13)15(14)11-18/h1-5,13-17H,6-11H2/t13-,14-,15+,16+/m0/s1. The number of benzene rings is 1. The van der Waals surface area contributed by atoms with Crippen LogP contribution in [0.15, 0.2) is 30.3 Å². The molecule has 4 atom stereocenters. The van der Waals surface area contributed by atoms with E-state index in [1.807, 2.05) is 0 Å². The second-order valence-electron chi connectivity index (χ2n) is 6.36. The number of hydrogen-bond acceptors (Lipinski definition) is 2. The average Bonchev–Trinajstić information content (AvgIpc) is 2.86. The topological polar surface area (TPSA) is 15.3 Å². The minimum Gasteiger partial charge on any atom is -0.313 e. The summed E-state index contributed by atoms with van der Waals surface area (Å²) < 4.78 is 0. The van der Waals surface area contributed by atoms with Crippen molar-refractivity contribution in [1.29, 1.82) is 0 Å².